The lowest BCUT2D eigenvalue weighted by Gasteiger charge is -2.09. The van der Waals surface area contributed by atoms with Crippen LogP contribution in [0.25, 0.3) is 17.0 Å². The first kappa shape index (κ1) is 20.3. The number of nitrogens with zero attached hydrogens (tertiary/aromatic N) is 1. The van der Waals surface area contributed by atoms with Crippen molar-refractivity contribution in [2.45, 2.75) is 20.1 Å². The van der Waals surface area contributed by atoms with E-state index in [1.165, 1.54) is 6.07 Å². The molecule has 160 valence electrons. The van der Waals surface area contributed by atoms with Gasteiger partial charge in [-0.05, 0) is 43.3 Å². The van der Waals surface area contributed by atoms with E-state index >= 15 is 0 Å². The van der Waals surface area contributed by atoms with Crippen molar-refractivity contribution in [3.8, 4) is 11.5 Å². The van der Waals surface area contributed by atoms with Crippen LogP contribution in [0, 0.1) is 5.82 Å². The van der Waals surface area contributed by atoms with Gasteiger partial charge in [-0.15, -0.1) is 0 Å². The molecule has 3 aromatic carbocycles. The summed E-state index contributed by atoms with van der Waals surface area (Å²) in [7, 11) is 0. The number of aromatic nitrogens is 1. The van der Waals surface area contributed by atoms with Crippen molar-refractivity contribution in [2.24, 2.45) is 0 Å². The van der Waals surface area contributed by atoms with Gasteiger partial charge in [-0.3, -0.25) is 4.79 Å². The van der Waals surface area contributed by atoms with Gasteiger partial charge in [0, 0.05) is 40.8 Å². The van der Waals surface area contributed by atoms with Gasteiger partial charge in [0.05, 0.1) is 10.6 Å². The average Bonchev–Trinajstić information content (AvgIpc) is 3.31. The maximum absolute atomic E-state index is 14.0. The van der Waals surface area contributed by atoms with Gasteiger partial charge >= 0.3 is 0 Å². The molecule has 0 fully saturated rings. The third kappa shape index (κ3) is 3.55. The van der Waals surface area contributed by atoms with Gasteiger partial charge in [-0.2, -0.15) is 0 Å². The molecule has 0 N–H and O–H groups in total. The molecule has 4 aromatic rings. The predicted octanol–water partition coefficient (Wildman–Crippen LogP) is 6.65. The number of halogens is 2. The SMILES string of the molecule is CCn1cc(/C=C2/Oc3cc(OCc4c(F)cccc4Cl)ccc3C2=O)c2ccccc21. The topological polar surface area (TPSA) is 40.5 Å². The Morgan fingerprint density at radius 3 is 2.78 bits per heavy atom. The number of allylic oxidation sites excluding steroid dienone is 1. The second-order valence-corrected chi connectivity index (χ2v) is 7.88. The van der Waals surface area contributed by atoms with Crippen LogP contribution in [0.3, 0.4) is 0 Å². The molecule has 1 aliphatic rings. The molecule has 4 nitrogen and oxygen atoms in total. The van der Waals surface area contributed by atoms with E-state index in [0.29, 0.717) is 22.1 Å². The molecule has 0 radical (unpaired) electrons. The Labute approximate surface area is 189 Å². The zero-order valence-corrected chi connectivity index (χ0v) is 18.0. The maximum atomic E-state index is 14.0. The number of benzene rings is 3. The van der Waals surface area contributed by atoms with Crippen LogP contribution in [0.2, 0.25) is 5.02 Å². The second-order valence-electron chi connectivity index (χ2n) is 7.47. The van der Waals surface area contributed by atoms with Gasteiger partial charge in [-0.25, -0.2) is 4.39 Å². The van der Waals surface area contributed by atoms with Crippen LogP contribution in [0.5, 0.6) is 11.5 Å². The molecule has 5 rings (SSSR count). The van der Waals surface area contributed by atoms with Crippen LogP contribution in [0.15, 0.2) is 72.6 Å². The number of ether oxygens (including phenoxy) is 2. The standard InChI is InChI=1S/C26H19ClFNO3/c1-2-29-14-16(18-6-3-4-9-23(18)29)12-25-26(30)19-11-10-17(13-24(19)32-25)31-15-20-21(27)7-5-8-22(20)28/h3-14H,2,15H2,1H3/b25-12+. The highest BCUT2D eigenvalue weighted by molar-refractivity contribution is 6.31. The summed E-state index contributed by atoms with van der Waals surface area (Å²) in [5.74, 6) is 0.518. The highest BCUT2D eigenvalue weighted by Crippen LogP contribution is 2.36. The molecule has 0 atom stereocenters. The van der Waals surface area contributed by atoms with Crippen molar-refractivity contribution in [1.82, 2.24) is 4.57 Å². The number of aryl methyl sites for hydroxylation is 1. The first-order valence-electron chi connectivity index (χ1n) is 10.3. The summed E-state index contributed by atoms with van der Waals surface area (Å²) < 4.78 is 27.7. The first-order valence-corrected chi connectivity index (χ1v) is 10.6. The fourth-order valence-corrected chi connectivity index (χ4v) is 4.09. The van der Waals surface area contributed by atoms with E-state index in [0.717, 1.165) is 23.0 Å². The summed E-state index contributed by atoms with van der Waals surface area (Å²) in [6, 6.07) is 17.5. The van der Waals surface area contributed by atoms with Gasteiger partial charge in [-0.1, -0.05) is 35.9 Å². The van der Waals surface area contributed by atoms with Crippen molar-refractivity contribution in [1.29, 1.82) is 0 Å². The predicted molar refractivity (Wildman–Crippen MR) is 123 cm³/mol. The largest absolute Gasteiger partial charge is 0.489 e. The number of ketones is 1. The van der Waals surface area contributed by atoms with E-state index in [9.17, 15) is 9.18 Å². The fraction of sp³-hybridized carbons (Fsp3) is 0.115. The molecule has 0 bridgehead atoms. The Morgan fingerprint density at radius 1 is 1.12 bits per heavy atom. The molecule has 0 spiro atoms. The molecular weight excluding hydrogens is 429 g/mol. The smallest absolute Gasteiger partial charge is 0.231 e. The van der Waals surface area contributed by atoms with Crippen molar-refractivity contribution in [2.75, 3.05) is 0 Å². The summed E-state index contributed by atoms with van der Waals surface area (Å²) in [6.45, 7) is 2.87. The minimum Gasteiger partial charge on any atom is -0.489 e. The van der Waals surface area contributed by atoms with Crippen LogP contribution in [0.4, 0.5) is 4.39 Å². The van der Waals surface area contributed by atoms with E-state index in [-0.39, 0.29) is 23.7 Å². The van der Waals surface area contributed by atoms with Crippen molar-refractivity contribution < 1.29 is 18.7 Å². The zero-order chi connectivity index (χ0) is 22.2. The Kier molecular flexibility index (Phi) is 5.19. The third-order valence-corrected chi connectivity index (χ3v) is 5.89. The number of hydrogen-bond acceptors (Lipinski definition) is 3. The highest BCUT2D eigenvalue weighted by Gasteiger charge is 2.28. The van der Waals surface area contributed by atoms with Crippen LogP contribution >= 0.6 is 11.6 Å². The van der Waals surface area contributed by atoms with Gasteiger partial charge in [0.25, 0.3) is 0 Å². The minimum absolute atomic E-state index is 0.0303. The van der Waals surface area contributed by atoms with Crippen molar-refractivity contribution in [3.63, 3.8) is 0 Å². The van der Waals surface area contributed by atoms with Gasteiger partial charge < -0.3 is 14.0 Å². The molecule has 1 aliphatic heterocycles. The van der Waals surface area contributed by atoms with E-state index < -0.39 is 5.82 Å². The lowest BCUT2D eigenvalue weighted by molar-refractivity contribution is 0.101. The normalized spacial score (nSPS) is 14.1. The number of para-hydroxylation sites is 1. The molecule has 0 aliphatic carbocycles. The molecule has 0 saturated heterocycles. The van der Waals surface area contributed by atoms with Gasteiger partial charge in [0.15, 0.2) is 5.76 Å². The fourth-order valence-electron chi connectivity index (χ4n) is 3.88. The molecule has 0 unspecified atom stereocenters. The number of carbonyl (C=O) groups excluding carboxylic acids is 1. The third-order valence-electron chi connectivity index (χ3n) is 5.53. The Hall–Kier alpha value is -3.57. The number of carbonyl (C=O) groups is 1. The van der Waals surface area contributed by atoms with E-state index in [1.807, 2.05) is 24.4 Å². The first-order chi connectivity index (χ1) is 15.5. The quantitative estimate of drug-likeness (QED) is 0.321. The summed E-state index contributed by atoms with van der Waals surface area (Å²) in [5.41, 5.74) is 2.77. The maximum Gasteiger partial charge on any atom is 0.231 e. The monoisotopic (exact) mass is 447 g/mol. The summed E-state index contributed by atoms with van der Waals surface area (Å²) >= 11 is 6.06. The number of rotatable bonds is 5. The van der Waals surface area contributed by atoms with Crippen LogP contribution in [-0.4, -0.2) is 10.4 Å². The Bertz CT molecular complexity index is 1370. The molecular formula is C26H19ClFNO3. The summed E-state index contributed by atoms with van der Waals surface area (Å²) in [5, 5.41) is 1.36. The van der Waals surface area contributed by atoms with Gasteiger partial charge in [0.1, 0.15) is 23.9 Å². The number of hydrogen-bond donors (Lipinski definition) is 0. The van der Waals surface area contributed by atoms with Crippen LogP contribution in [-0.2, 0) is 13.2 Å². The van der Waals surface area contributed by atoms with Crippen LogP contribution < -0.4 is 9.47 Å². The van der Waals surface area contributed by atoms with E-state index in [4.69, 9.17) is 21.1 Å². The summed E-state index contributed by atoms with van der Waals surface area (Å²) in [4.78, 5) is 12.9. The lowest BCUT2D eigenvalue weighted by atomic mass is 10.1. The van der Waals surface area contributed by atoms with Crippen LogP contribution in [0.1, 0.15) is 28.4 Å². The lowest BCUT2D eigenvalue weighted by Crippen LogP contribution is -1.99. The molecule has 0 saturated carbocycles. The second kappa shape index (κ2) is 8.17. The van der Waals surface area contributed by atoms with E-state index in [2.05, 4.69) is 17.6 Å². The van der Waals surface area contributed by atoms with Crippen molar-refractivity contribution >= 4 is 34.4 Å². The zero-order valence-electron chi connectivity index (χ0n) is 17.3. The average molecular weight is 448 g/mol. The van der Waals surface area contributed by atoms with E-state index in [1.54, 1.807) is 36.4 Å². The number of fused-ring (bicyclic) bond motifs is 2. The van der Waals surface area contributed by atoms with Gasteiger partial charge in [0.2, 0.25) is 5.78 Å². The Balaban J connectivity index is 1.41. The highest BCUT2D eigenvalue weighted by atomic mass is 35.5. The molecule has 2 heterocycles. The molecule has 32 heavy (non-hydrogen) atoms. The minimum atomic E-state index is -0.429. The molecule has 0 amide bonds. The summed E-state index contributed by atoms with van der Waals surface area (Å²) in [6.07, 6.45) is 3.79. The molecule has 1 aromatic heterocycles. The Morgan fingerprint density at radius 2 is 1.97 bits per heavy atom. The van der Waals surface area contributed by atoms with Crippen molar-refractivity contribution in [3.05, 3.63) is 100 Å². The number of Topliss-reactive ketones (excluding diaryl/α,β-unsaturated/α-hetero) is 1. The molecule has 6 heteroatoms.